The number of hydrogen-bond acceptors (Lipinski definition) is 2. The Kier molecular flexibility index (Phi) is 4.76. The number of hydrogen-bond donors (Lipinski definition) is 3. The number of carbonyl (C=O) groups excluding carboxylic acids is 2. The number of aromatic nitrogens is 1. The van der Waals surface area contributed by atoms with Gasteiger partial charge in [0.15, 0.2) is 0 Å². The molecule has 0 bridgehead atoms. The topological polar surface area (TPSA) is 74.0 Å². The van der Waals surface area contributed by atoms with Crippen LogP contribution in [-0.2, 0) is 9.59 Å². The van der Waals surface area contributed by atoms with Gasteiger partial charge in [0.2, 0.25) is 11.8 Å². The number of nitrogens with one attached hydrogen (secondary N) is 3. The standard InChI is InChI=1S/C24H22F3N3O2/c1-24(6-7-28-23(24)32)30-22(31)14-8-13(9-14)19-17-10-16(26)11-18(27)21(17)29-20(19)12-2-4-15(25)5-3-12/h2-5,10-11,13-14,29H,6-9H2,1H3,(H,28,32)(H,30,31)/t13-,14-,24?. The van der Waals surface area contributed by atoms with Gasteiger partial charge in [-0.15, -0.1) is 0 Å². The van der Waals surface area contributed by atoms with E-state index < -0.39 is 23.0 Å². The molecule has 1 saturated carbocycles. The maximum atomic E-state index is 14.5. The van der Waals surface area contributed by atoms with Crippen LogP contribution in [0.5, 0.6) is 0 Å². The fourth-order valence-corrected chi connectivity index (χ4v) is 4.80. The molecule has 1 unspecified atom stereocenters. The van der Waals surface area contributed by atoms with Crippen LogP contribution in [0.4, 0.5) is 13.2 Å². The number of carbonyl (C=O) groups is 2. The first-order valence-electron chi connectivity index (χ1n) is 10.6. The van der Waals surface area contributed by atoms with Gasteiger partial charge in [-0.25, -0.2) is 13.2 Å². The van der Waals surface area contributed by atoms with Crippen molar-refractivity contribution in [3.8, 4) is 11.3 Å². The van der Waals surface area contributed by atoms with E-state index in [1.54, 1.807) is 19.1 Å². The van der Waals surface area contributed by atoms with Gasteiger partial charge in [0.25, 0.3) is 0 Å². The Morgan fingerprint density at radius 2 is 1.81 bits per heavy atom. The van der Waals surface area contributed by atoms with Gasteiger partial charge in [-0.2, -0.15) is 0 Å². The molecule has 8 heteroatoms. The maximum absolute atomic E-state index is 14.5. The third-order valence-electron chi connectivity index (χ3n) is 6.73. The minimum Gasteiger partial charge on any atom is -0.354 e. The fourth-order valence-electron chi connectivity index (χ4n) is 4.80. The predicted molar refractivity (Wildman–Crippen MR) is 113 cm³/mol. The summed E-state index contributed by atoms with van der Waals surface area (Å²) in [6.45, 7) is 2.23. The molecule has 0 radical (unpaired) electrons. The summed E-state index contributed by atoms with van der Waals surface area (Å²) in [6.07, 6.45) is 1.51. The molecular weight excluding hydrogens is 419 g/mol. The minimum absolute atomic E-state index is 0.106. The van der Waals surface area contributed by atoms with Crippen molar-refractivity contribution >= 4 is 22.7 Å². The first kappa shape index (κ1) is 20.6. The molecule has 1 atom stereocenters. The molecule has 1 aliphatic carbocycles. The van der Waals surface area contributed by atoms with Gasteiger partial charge in [-0.05, 0) is 73.6 Å². The Morgan fingerprint density at radius 3 is 2.47 bits per heavy atom. The molecule has 1 aromatic heterocycles. The quantitative estimate of drug-likeness (QED) is 0.569. The smallest absolute Gasteiger partial charge is 0.245 e. The molecule has 2 aliphatic rings. The van der Waals surface area contributed by atoms with Gasteiger partial charge in [0.05, 0.1) is 11.2 Å². The highest BCUT2D eigenvalue weighted by Gasteiger charge is 2.44. The van der Waals surface area contributed by atoms with E-state index in [0.29, 0.717) is 42.5 Å². The van der Waals surface area contributed by atoms with Crippen LogP contribution in [0, 0.1) is 23.4 Å². The average molecular weight is 441 g/mol. The Labute approximate surface area is 182 Å². The van der Waals surface area contributed by atoms with E-state index in [4.69, 9.17) is 0 Å². The Hall–Kier alpha value is -3.29. The summed E-state index contributed by atoms with van der Waals surface area (Å²) in [4.78, 5) is 27.8. The molecule has 5 nitrogen and oxygen atoms in total. The van der Waals surface area contributed by atoms with Gasteiger partial charge in [0, 0.05) is 23.9 Å². The second kappa shape index (κ2) is 7.39. The molecule has 166 valence electrons. The summed E-state index contributed by atoms with van der Waals surface area (Å²) in [7, 11) is 0. The summed E-state index contributed by atoms with van der Waals surface area (Å²) >= 11 is 0. The first-order valence-corrected chi connectivity index (χ1v) is 10.6. The Bertz CT molecular complexity index is 1230. The summed E-state index contributed by atoms with van der Waals surface area (Å²) in [5, 5.41) is 6.01. The third-order valence-corrected chi connectivity index (χ3v) is 6.73. The number of rotatable bonds is 4. The molecule has 2 amide bonds. The largest absolute Gasteiger partial charge is 0.354 e. The normalized spacial score (nSPS) is 24.9. The highest BCUT2D eigenvalue weighted by Crippen LogP contribution is 2.48. The number of H-pyrrole nitrogens is 1. The van der Waals surface area contributed by atoms with Crippen LogP contribution in [0.25, 0.3) is 22.2 Å². The lowest BCUT2D eigenvalue weighted by atomic mass is 9.69. The van der Waals surface area contributed by atoms with Crippen LogP contribution in [0.2, 0.25) is 0 Å². The van der Waals surface area contributed by atoms with Gasteiger partial charge < -0.3 is 15.6 Å². The molecular formula is C24H22F3N3O2. The molecule has 5 rings (SSSR count). The van der Waals surface area contributed by atoms with E-state index in [0.717, 1.165) is 11.6 Å². The molecule has 3 N–H and O–H groups in total. The number of benzene rings is 2. The average Bonchev–Trinajstić information content (AvgIpc) is 3.22. The minimum atomic E-state index is -0.908. The van der Waals surface area contributed by atoms with E-state index in [1.165, 1.54) is 18.2 Å². The maximum Gasteiger partial charge on any atom is 0.245 e. The van der Waals surface area contributed by atoms with Crippen LogP contribution in [0.3, 0.4) is 0 Å². The van der Waals surface area contributed by atoms with E-state index in [9.17, 15) is 22.8 Å². The van der Waals surface area contributed by atoms with Crippen molar-refractivity contribution in [1.29, 1.82) is 0 Å². The highest BCUT2D eigenvalue weighted by molar-refractivity contribution is 5.95. The lowest BCUT2D eigenvalue weighted by Crippen LogP contribution is -2.54. The van der Waals surface area contributed by atoms with Crippen molar-refractivity contribution in [2.45, 2.75) is 37.6 Å². The lowest BCUT2D eigenvalue weighted by molar-refractivity contribution is -0.134. The van der Waals surface area contributed by atoms with Crippen LogP contribution < -0.4 is 10.6 Å². The second-order valence-corrected chi connectivity index (χ2v) is 8.92. The highest BCUT2D eigenvalue weighted by atomic mass is 19.1. The van der Waals surface area contributed by atoms with Crippen LogP contribution in [-0.4, -0.2) is 28.9 Å². The van der Waals surface area contributed by atoms with Gasteiger partial charge in [-0.1, -0.05) is 0 Å². The van der Waals surface area contributed by atoms with Crippen LogP contribution >= 0.6 is 0 Å². The Balaban J connectivity index is 1.45. The third kappa shape index (κ3) is 3.34. The molecule has 2 heterocycles. The molecule has 0 spiro atoms. The molecule has 2 fully saturated rings. The number of amides is 2. The van der Waals surface area contributed by atoms with Crippen molar-refractivity contribution in [1.82, 2.24) is 15.6 Å². The van der Waals surface area contributed by atoms with E-state index in [1.807, 2.05) is 0 Å². The zero-order valence-corrected chi connectivity index (χ0v) is 17.4. The van der Waals surface area contributed by atoms with Crippen molar-refractivity contribution < 1.29 is 22.8 Å². The molecule has 32 heavy (non-hydrogen) atoms. The molecule has 2 aromatic carbocycles. The van der Waals surface area contributed by atoms with Gasteiger partial charge >= 0.3 is 0 Å². The SMILES string of the molecule is CC1(NC(=O)[C@H]2C[C@H](c3c(-c4ccc(F)cc4)[nH]c4c(F)cc(F)cc43)C2)CCNC1=O. The van der Waals surface area contributed by atoms with E-state index >= 15 is 0 Å². The number of aromatic amines is 1. The predicted octanol–water partition coefficient (Wildman–Crippen LogP) is 4.14. The van der Waals surface area contributed by atoms with Crippen molar-refractivity contribution in [2.75, 3.05) is 6.54 Å². The van der Waals surface area contributed by atoms with Crippen LogP contribution in [0.15, 0.2) is 36.4 Å². The summed E-state index contributed by atoms with van der Waals surface area (Å²) in [5.74, 6) is -2.57. The first-order chi connectivity index (χ1) is 15.2. The molecule has 3 aromatic rings. The summed E-state index contributed by atoms with van der Waals surface area (Å²) in [5.41, 5.74) is 1.24. The van der Waals surface area contributed by atoms with E-state index in [2.05, 4.69) is 15.6 Å². The van der Waals surface area contributed by atoms with Crippen LogP contribution in [0.1, 0.15) is 37.7 Å². The van der Waals surface area contributed by atoms with Crippen molar-refractivity contribution in [3.63, 3.8) is 0 Å². The van der Waals surface area contributed by atoms with Gasteiger partial charge in [0.1, 0.15) is 23.0 Å². The number of fused-ring (bicyclic) bond motifs is 1. The zero-order valence-electron chi connectivity index (χ0n) is 17.4. The zero-order chi connectivity index (χ0) is 22.6. The van der Waals surface area contributed by atoms with Crippen molar-refractivity contribution in [2.24, 2.45) is 5.92 Å². The molecule has 1 saturated heterocycles. The lowest BCUT2D eigenvalue weighted by Gasteiger charge is -2.37. The monoisotopic (exact) mass is 441 g/mol. The number of halogens is 3. The van der Waals surface area contributed by atoms with Crippen molar-refractivity contribution in [3.05, 3.63) is 59.4 Å². The Morgan fingerprint density at radius 1 is 1.09 bits per heavy atom. The van der Waals surface area contributed by atoms with Gasteiger partial charge in [-0.3, -0.25) is 9.59 Å². The second-order valence-electron chi connectivity index (χ2n) is 8.92. The van der Waals surface area contributed by atoms with E-state index in [-0.39, 0.29) is 29.2 Å². The summed E-state index contributed by atoms with van der Waals surface area (Å²) < 4.78 is 42.0. The fraction of sp³-hybridized carbons (Fsp3) is 0.333. The molecule has 1 aliphatic heterocycles. The summed E-state index contributed by atoms with van der Waals surface area (Å²) in [6, 6.07) is 7.90.